The van der Waals surface area contributed by atoms with Crippen LogP contribution in [0, 0.1) is 10.8 Å². The summed E-state index contributed by atoms with van der Waals surface area (Å²) in [6.07, 6.45) is 1.35. The van der Waals surface area contributed by atoms with E-state index in [0.717, 1.165) is 11.1 Å². The quantitative estimate of drug-likeness (QED) is 0.315. The van der Waals surface area contributed by atoms with Gasteiger partial charge in [-0.25, -0.2) is 21.6 Å². The summed E-state index contributed by atoms with van der Waals surface area (Å²) < 4.78 is 53.6. The summed E-state index contributed by atoms with van der Waals surface area (Å²) in [5.74, 6) is -1.34. The van der Waals surface area contributed by atoms with Crippen molar-refractivity contribution in [3.05, 3.63) is 58.7 Å². The van der Waals surface area contributed by atoms with Gasteiger partial charge in [-0.1, -0.05) is 39.8 Å². The fourth-order valence-corrected chi connectivity index (χ4v) is 9.12. The van der Waals surface area contributed by atoms with Crippen LogP contribution in [0.2, 0.25) is 0 Å². The van der Waals surface area contributed by atoms with Crippen molar-refractivity contribution in [3.63, 3.8) is 0 Å². The summed E-state index contributed by atoms with van der Waals surface area (Å²) in [7, 11) is -5.44. The van der Waals surface area contributed by atoms with Gasteiger partial charge in [0.15, 0.2) is 25.6 Å². The summed E-state index contributed by atoms with van der Waals surface area (Å²) in [4.78, 5) is 27.0. The minimum absolute atomic E-state index is 0.0624. The number of nitrogens with two attached hydrogens (primary N) is 2. The van der Waals surface area contributed by atoms with Crippen molar-refractivity contribution < 1.29 is 31.2 Å². The van der Waals surface area contributed by atoms with Crippen molar-refractivity contribution in [2.75, 3.05) is 18.6 Å². The zero-order valence-corrected chi connectivity index (χ0v) is 23.7. The molecule has 2 aromatic carbocycles. The Labute approximate surface area is 223 Å². The van der Waals surface area contributed by atoms with Gasteiger partial charge < -0.3 is 16.2 Å². The first-order valence-corrected chi connectivity index (χ1v) is 15.1. The largest absolute Gasteiger partial charge is 0.465 e. The predicted molar refractivity (Wildman–Crippen MR) is 143 cm³/mol. The Morgan fingerprint density at radius 2 is 1.21 bits per heavy atom. The van der Waals surface area contributed by atoms with Crippen LogP contribution in [0.4, 0.5) is 0 Å². The van der Waals surface area contributed by atoms with Crippen LogP contribution in [0.25, 0.3) is 0 Å². The average Bonchev–Trinajstić information content (AvgIpc) is 2.75. The summed E-state index contributed by atoms with van der Waals surface area (Å²) in [6, 6.07) is 9.30. The van der Waals surface area contributed by atoms with Gasteiger partial charge in [0.25, 0.3) is 5.91 Å². The van der Waals surface area contributed by atoms with Gasteiger partial charge in [0.2, 0.25) is 0 Å². The number of rotatable bonds is 2. The minimum atomic E-state index is -3.40. The van der Waals surface area contributed by atoms with Crippen molar-refractivity contribution in [2.45, 2.75) is 50.3 Å². The molecule has 0 fully saturated rings. The van der Waals surface area contributed by atoms with Gasteiger partial charge in [0, 0.05) is 5.56 Å². The number of carbonyl (C=O) groups excluding carboxylic acids is 2. The number of hydrogen-bond acceptors (Lipinski definition) is 7. The molecule has 0 saturated heterocycles. The normalized spacial score (nSPS) is 19.4. The molecule has 0 radical (unpaired) electrons. The van der Waals surface area contributed by atoms with Crippen LogP contribution in [0.1, 0.15) is 59.5 Å². The number of ether oxygens (including phenoxy) is 1. The van der Waals surface area contributed by atoms with E-state index in [1.54, 1.807) is 24.3 Å². The molecule has 2 aromatic rings. The number of methoxy groups -OCH3 is 1. The van der Waals surface area contributed by atoms with Gasteiger partial charge in [-0.05, 0) is 59.1 Å². The first-order chi connectivity index (χ1) is 17.4. The number of amides is 1. The molecule has 12 heteroatoms. The number of sulfone groups is 2. The molecule has 0 unspecified atom stereocenters. The van der Waals surface area contributed by atoms with Gasteiger partial charge in [-0.15, -0.1) is 0 Å². The van der Waals surface area contributed by atoms with Crippen molar-refractivity contribution in [1.29, 1.82) is 0 Å². The minimum Gasteiger partial charge on any atom is -0.465 e. The van der Waals surface area contributed by atoms with E-state index in [9.17, 15) is 26.4 Å². The zero-order valence-electron chi connectivity index (χ0n) is 22.1. The Morgan fingerprint density at radius 1 is 0.789 bits per heavy atom. The van der Waals surface area contributed by atoms with Crippen molar-refractivity contribution in [3.8, 4) is 0 Å². The van der Waals surface area contributed by atoms with Crippen molar-refractivity contribution in [1.82, 2.24) is 0 Å². The van der Waals surface area contributed by atoms with Crippen molar-refractivity contribution in [2.24, 2.45) is 27.3 Å². The van der Waals surface area contributed by atoms with Crippen LogP contribution in [0.15, 0.2) is 51.2 Å². The fourth-order valence-electron chi connectivity index (χ4n) is 4.86. The predicted octanol–water partition coefficient (Wildman–Crippen LogP) is 2.29. The van der Waals surface area contributed by atoms with E-state index in [4.69, 9.17) is 11.5 Å². The summed E-state index contributed by atoms with van der Waals surface area (Å²) in [5.41, 5.74) is 11.7. The average molecular weight is 564 g/mol. The lowest BCUT2D eigenvalue weighted by molar-refractivity contribution is 0.0600. The maximum Gasteiger partial charge on any atom is 0.337 e. The third-order valence-electron chi connectivity index (χ3n) is 6.20. The molecule has 38 heavy (non-hydrogen) atoms. The van der Waals surface area contributed by atoms with Crippen LogP contribution < -0.4 is 11.5 Å². The van der Waals surface area contributed by atoms with Gasteiger partial charge >= 0.3 is 5.97 Å². The smallest absolute Gasteiger partial charge is 0.337 e. The number of aliphatic imine (C=N–C) groups is 1. The highest BCUT2D eigenvalue weighted by Gasteiger charge is 2.37. The second-order valence-corrected chi connectivity index (χ2v) is 15.1. The van der Waals surface area contributed by atoms with E-state index in [1.165, 1.54) is 19.2 Å². The molecule has 0 aromatic heterocycles. The number of carbonyl (C=O) groups is 2. The topological polar surface area (TPSA) is 176 Å². The Morgan fingerprint density at radius 3 is 1.63 bits per heavy atom. The highest BCUT2D eigenvalue weighted by molar-refractivity contribution is 7.91. The summed E-state index contributed by atoms with van der Waals surface area (Å²) >= 11 is 0. The fraction of sp³-hybridized carbons (Fsp3) is 0.423. The Hall–Kier alpha value is -3.25. The number of guanidine groups is 1. The van der Waals surface area contributed by atoms with Gasteiger partial charge in [0.05, 0.1) is 34.0 Å². The van der Waals surface area contributed by atoms with E-state index in [-0.39, 0.29) is 49.2 Å². The highest BCUT2D eigenvalue weighted by atomic mass is 32.2. The third-order valence-corrected chi connectivity index (χ3v) is 10.6. The van der Waals surface area contributed by atoms with Crippen LogP contribution in [0.5, 0.6) is 0 Å². The Kier molecular flexibility index (Phi) is 7.82. The van der Waals surface area contributed by atoms with Gasteiger partial charge in [-0.2, -0.15) is 4.99 Å². The highest BCUT2D eigenvalue weighted by Crippen LogP contribution is 2.37. The van der Waals surface area contributed by atoms with Crippen LogP contribution in [-0.2, 0) is 37.3 Å². The first kappa shape index (κ1) is 29.3. The molecule has 206 valence electrons. The van der Waals surface area contributed by atoms with E-state index >= 15 is 0 Å². The van der Waals surface area contributed by atoms with Crippen LogP contribution in [0.3, 0.4) is 0 Å². The number of hydrogen-bond donors (Lipinski definition) is 2. The lowest BCUT2D eigenvalue weighted by Crippen LogP contribution is -2.32. The standard InChI is InChI=1S/C13H17N3O3S.C13H16O4S/c1-13(2)6-9-4-3-8(11(17)16-12(14)15)5-10(9)20(18,19)7-13;1-13(2)7-10-5-4-9(12(14)17-3)6-11(10)18(15,16)8-13/h3-5H,6-7H2,1-2H3,(H4,14,15,16,17);4-6H,7-8H2,1-3H3. The Bertz CT molecular complexity index is 1540. The molecule has 0 saturated carbocycles. The molecule has 4 rings (SSSR count). The molecule has 0 bridgehead atoms. The number of nitrogens with zero attached hydrogens (tertiary/aromatic N) is 1. The molecule has 2 aliphatic heterocycles. The molecule has 0 aliphatic carbocycles. The maximum absolute atomic E-state index is 12.3. The lowest BCUT2D eigenvalue weighted by Gasteiger charge is -2.31. The SMILES string of the molecule is CC1(C)Cc2ccc(C(=O)N=C(N)N)cc2S(=O)(=O)C1.COC(=O)c1ccc2c(c1)S(=O)(=O)CC(C)(C)C2. The lowest BCUT2D eigenvalue weighted by atomic mass is 9.87. The molecular weight excluding hydrogens is 530 g/mol. The van der Waals surface area contributed by atoms with E-state index < -0.39 is 31.6 Å². The van der Waals surface area contributed by atoms with Crippen molar-refractivity contribution >= 4 is 37.5 Å². The van der Waals surface area contributed by atoms with Gasteiger partial charge in [-0.3, -0.25) is 4.79 Å². The second kappa shape index (κ2) is 10.1. The molecule has 2 aliphatic rings. The number of fused-ring (bicyclic) bond motifs is 2. The first-order valence-electron chi connectivity index (χ1n) is 11.8. The second-order valence-electron chi connectivity index (χ2n) is 11.2. The third kappa shape index (κ3) is 6.60. The zero-order chi connectivity index (χ0) is 28.7. The molecule has 4 N–H and O–H groups in total. The maximum atomic E-state index is 12.3. The summed E-state index contributed by atoms with van der Waals surface area (Å²) in [6.45, 7) is 7.68. The summed E-state index contributed by atoms with van der Waals surface area (Å²) in [5, 5.41) is 0. The molecule has 2 heterocycles. The Balaban J connectivity index is 0.000000212. The van der Waals surface area contributed by atoms with Crippen LogP contribution in [-0.4, -0.2) is 53.3 Å². The molecule has 0 spiro atoms. The molecule has 10 nitrogen and oxygen atoms in total. The van der Waals surface area contributed by atoms with E-state index in [0.29, 0.717) is 12.8 Å². The molecule has 1 amide bonds. The van der Waals surface area contributed by atoms with E-state index in [1.807, 2.05) is 27.7 Å². The monoisotopic (exact) mass is 563 g/mol. The van der Waals surface area contributed by atoms with Crippen LogP contribution >= 0.6 is 0 Å². The molecular formula is C26H33N3O7S2. The van der Waals surface area contributed by atoms with Gasteiger partial charge in [0.1, 0.15) is 0 Å². The number of esters is 1. The van der Waals surface area contributed by atoms with E-state index in [2.05, 4.69) is 9.73 Å². The molecule has 0 atom stereocenters. The number of benzene rings is 2.